The summed E-state index contributed by atoms with van der Waals surface area (Å²) in [5, 5.41) is 12.1. The van der Waals surface area contributed by atoms with Crippen molar-refractivity contribution in [3.63, 3.8) is 0 Å². The fraction of sp³-hybridized carbons (Fsp3) is 0.550. The number of hydrogen-bond donors (Lipinski definition) is 2. The Morgan fingerprint density at radius 2 is 1.96 bits per heavy atom. The molecule has 2 heterocycles. The Labute approximate surface area is 164 Å². The number of piperidine rings is 1. The number of aliphatic carboxylic acids is 1. The van der Waals surface area contributed by atoms with E-state index in [0.29, 0.717) is 32.5 Å². The van der Waals surface area contributed by atoms with Crippen molar-refractivity contribution < 1.29 is 24.2 Å². The Balaban J connectivity index is 1.55. The molecule has 28 heavy (non-hydrogen) atoms. The third kappa shape index (κ3) is 4.55. The molecule has 1 aromatic rings. The number of carboxylic acid groups (broad SMARTS) is 1. The highest BCUT2D eigenvalue weighted by Crippen LogP contribution is 2.23. The minimum Gasteiger partial charge on any atom is -0.497 e. The molecule has 152 valence electrons. The van der Waals surface area contributed by atoms with E-state index < -0.39 is 17.9 Å². The first-order chi connectivity index (χ1) is 13.4. The van der Waals surface area contributed by atoms with Crippen molar-refractivity contribution in [2.75, 3.05) is 26.7 Å². The molecule has 2 fully saturated rings. The molecule has 2 aliphatic heterocycles. The molecule has 2 saturated heterocycles. The number of likely N-dealkylation sites (tertiary alicyclic amines) is 2. The van der Waals surface area contributed by atoms with E-state index in [9.17, 15) is 19.5 Å². The van der Waals surface area contributed by atoms with Crippen molar-refractivity contribution >= 4 is 17.9 Å². The van der Waals surface area contributed by atoms with Crippen molar-refractivity contribution in [3.8, 4) is 5.75 Å². The van der Waals surface area contributed by atoms with Crippen LogP contribution in [-0.2, 0) is 16.1 Å². The SMILES string of the molecule is COc1ccc(CN2CCC(NC(=O)N3CC(C)CC(C(=O)O)C3)C2=O)cc1. The normalized spacial score (nSPS) is 24.9. The van der Waals surface area contributed by atoms with Crippen LogP contribution in [0.4, 0.5) is 4.79 Å². The van der Waals surface area contributed by atoms with Crippen LogP contribution < -0.4 is 10.1 Å². The summed E-state index contributed by atoms with van der Waals surface area (Å²) in [6.45, 7) is 3.68. The second kappa shape index (κ2) is 8.50. The molecule has 1 aromatic carbocycles. The van der Waals surface area contributed by atoms with Gasteiger partial charge in [0.05, 0.1) is 13.0 Å². The summed E-state index contributed by atoms with van der Waals surface area (Å²) in [6, 6.07) is 6.61. The van der Waals surface area contributed by atoms with Gasteiger partial charge in [0, 0.05) is 26.2 Å². The van der Waals surface area contributed by atoms with E-state index in [-0.39, 0.29) is 24.4 Å². The number of carbonyl (C=O) groups excluding carboxylic acids is 2. The van der Waals surface area contributed by atoms with Gasteiger partial charge in [-0.15, -0.1) is 0 Å². The number of methoxy groups -OCH3 is 1. The lowest BCUT2D eigenvalue weighted by molar-refractivity contribution is -0.143. The van der Waals surface area contributed by atoms with E-state index in [4.69, 9.17) is 4.74 Å². The van der Waals surface area contributed by atoms with Crippen molar-refractivity contribution in [1.82, 2.24) is 15.1 Å². The zero-order valence-electron chi connectivity index (χ0n) is 16.3. The standard InChI is InChI=1S/C20H27N3O5/c1-13-9-15(19(25)26)12-23(10-13)20(27)21-17-7-8-22(18(17)24)11-14-3-5-16(28-2)6-4-14/h3-6,13,15,17H,7-12H2,1-2H3,(H,21,27)(H,25,26). The van der Waals surface area contributed by atoms with Crippen LogP contribution in [0.2, 0.25) is 0 Å². The van der Waals surface area contributed by atoms with Crippen LogP contribution in [0.3, 0.4) is 0 Å². The molecule has 3 atom stereocenters. The zero-order chi connectivity index (χ0) is 20.3. The predicted octanol–water partition coefficient (Wildman–Crippen LogP) is 1.55. The molecule has 0 radical (unpaired) electrons. The highest BCUT2D eigenvalue weighted by molar-refractivity contribution is 5.88. The first kappa shape index (κ1) is 20.0. The Morgan fingerprint density at radius 3 is 2.61 bits per heavy atom. The summed E-state index contributed by atoms with van der Waals surface area (Å²) in [5.41, 5.74) is 0.996. The highest BCUT2D eigenvalue weighted by Gasteiger charge is 2.36. The minimum atomic E-state index is -0.882. The monoisotopic (exact) mass is 389 g/mol. The summed E-state index contributed by atoms with van der Waals surface area (Å²) in [7, 11) is 1.61. The largest absolute Gasteiger partial charge is 0.497 e. The van der Waals surface area contributed by atoms with Crippen LogP contribution in [0, 0.1) is 11.8 Å². The van der Waals surface area contributed by atoms with E-state index in [1.165, 1.54) is 4.90 Å². The van der Waals surface area contributed by atoms with Crippen molar-refractivity contribution in [1.29, 1.82) is 0 Å². The summed E-state index contributed by atoms with van der Waals surface area (Å²) >= 11 is 0. The number of amides is 3. The Bertz CT molecular complexity index is 736. The second-order valence-corrected chi connectivity index (χ2v) is 7.68. The van der Waals surface area contributed by atoms with Crippen LogP contribution in [0.5, 0.6) is 5.75 Å². The number of ether oxygens (including phenoxy) is 1. The average molecular weight is 389 g/mol. The van der Waals surface area contributed by atoms with Gasteiger partial charge in [0.1, 0.15) is 11.8 Å². The molecular formula is C20H27N3O5. The molecule has 8 nitrogen and oxygen atoms in total. The smallest absolute Gasteiger partial charge is 0.318 e. The number of urea groups is 1. The number of nitrogens with zero attached hydrogens (tertiary/aromatic N) is 2. The van der Waals surface area contributed by atoms with Gasteiger partial charge in [0.2, 0.25) is 5.91 Å². The molecule has 3 rings (SSSR count). The maximum Gasteiger partial charge on any atom is 0.318 e. The first-order valence-corrected chi connectivity index (χ1v) is 9.57. The Hall–Kier alpha value is -2.77. The van der Waals surface area contributed by atoms with Gasteiger partial charge >= 0.3 is 12.0 Å². The quantitative estimate of drug-likeness (QED) is 0.796. The fourth-order valence-corrected chi connectivity index (χ4v) is 3.92. The van der Waals surface area contributed by atoms with E-state index in [1.54, 1.807) is 12.0 Å². The van der Waals surface area contributed by atoms with Crippen LogP contribution in [0.1, 0.15) is 25.3 Å². The lowest BCUT2D eigenvalue weighted by Gasteiger charge is -2.35. The van der Waals surface area contributed by atoms with Gasteiger partial charge in [-0.05, 0) is 36.5 Å². The minimum absolute atomic E-state index is 0.107. The van der Waals surface area contributed by atoms with E-state index >= 15 is 0 Å². The predicted molar refractivity (Wildman–Crippen MR) is 102 cm³/mol. The molecule has 0 bridgehead atoms. The maximum absolute atomic E-state index is 12.7. The summed E-state index contributed by atoms with van der Waals surface area (Å²) in [6.07, 6.45) is 1.11. The van der Waals surface area contributed by atoms with Gasteiger partial charge in [-0.3, -0.25) is 9.59 Å². The van der Waals surface area contributed by atoms with E-state index in [0.717, 1.165) is 11.3 Å². The number of hydrogen-bond acceptors (Lipinski definition) is 4. The number of carbonyl (C=O) groups is 3. The third-order valence-corrected chi connectivity index (χ3v) is 5.42. The topological polar surface area (TPSA) is 99.2 Å². The van der Waals surface area contributed by atoms with Crippen molar-refractivity contribution in [2.24, 2.45) is 11.8 Å². The number of benzene rings is 1. The van der Waals surface area contributed by atoms with Crippen molar-refractivity contribution in [3.05, 3.63) is 29.8 Å². The first-order valence-electron chi connectivity index (χ1n) is 9.57. The zero-order valence-corrected chi connectivity index (χ0v) is 16.3. The van der Waals surface area contributed by atoms with Gasteiger partial charge in [-0.1, -0.05) is 19.1 Å². The lowest BCUT2D eigenvalue weighted by atomic mass is 9.91. The molecule has 0 aliphatic carbocycles. The van der Waals surface area contributed by atoms with Gasteiger partial charge in [-0.2, -0.15) is 0 Å². The number of carboxylic acids is 1. The molecule has 3 unspecified atom stereocenters. The maximum atomic E-state index is 12.7. The van der Waals surface area contributed by atoms with Crippen LogP contribution in [0.25, 0.3) is 0 Å². The Kier molecular flexibility index (Phi) is 6.06. The molecule has 0 aromatic heterocycles. The summed E-state index contributed by atoms with van der Waals surface area (Å²) in [4.78, 5) is 39.8. The van der Waals surface area contributed by atoms with Crippen LogP contribution >= 0.6 is 0 Å². The second-order valence-electron chi connectivity index (χ2n) is 7.68. The van der Waals surface area contributed by atoms with E-state index in [1.807, 2.05) is 31.2 Å². The highest BCUT2D eigenvalue weighted by atomic mass is 16.5. The molecule has 0 saturated carbocycles. The van der Waals surface area contributed by atoms with Crippen molar-refractivity contribution in [2.45, 2.75) is 32.4 Å². The van der Waals surface area contributed by atoms with E-state index in [2.05, 4.69) is 5.32 Å². The molecular weight excluding hydrogens is 362 g/mol. The molecule has 3 amide bonds. The third-order valence-electron chi connectivity index (χ3n) is 5.42. The molecule has 0 spiro atoms. The van der Waals surface area contributed by atoms with Crippen LogP contribution in [-0.4, -0.2) is 65.6 Å². The van der Waals surface area contributed by atoms with Gasteiger partial charge in [0.25, 0.3) is 0 Å². The number of rotatable bonds is 5. The average Bonchev–Trinajstić information content (AvgIpc) is 3.01. The van der Waals surface area contributed by atoms with Gasteiger partial charge in [0.15, 0.2) is 0 Å². The summed E-state index contributed by atoms with van der Waals surface area (Å²) in [5.74, 6) is -0.667. The molecule has 2 aliphatic rings. The molecule has 2 N–H and O–H groups in total. The molecule has 8 heteroatoms. The van der Waals surface area contributed by atoms with Crippen LogP contribution in [0.15, 0.2) is 24.3 Å². The number of nitrogens with one attached hydrogen (secondary N) is 1. The Morgan fingerprint density at radius 1 is 1.25 bits per heavy atom. The fourth-order valence-electron chi connectivity index (χ4n) is 3.92. The van der Waals surface area contributed by atoms with Gasteiger partial charge < -0.3 is 25.0 Å². The summed E-state index contributed by atoms with van der Waals surface area (Å²) < 4.78 is 5.14. The van der Waals surface area contributed by atoms with Gasteiger partial charge in [-0.25, -0.2) is 4.79 Å². The lowest BCUT2D eigenvalue weighted by Crippen LogP contribution is -2.53.